The van der Waals surface area contributed by atoms with E-state index in [0.717, 1.165) is 51.6 Å². The number of hydrogen-bond acceptors (Lipinski definition) is 6. The molecular formula is C52H102N2O4. The molecule has 0 aromatic carbocycles. The van der Waals surface area contributed by atoms with Crippen molar-refractivity contribution in [2.24, 2.45) is 11.8 Å². The molecule has 6 heteroatoms. The predicted octanol–water partition coefficient (Wildman–Crippen LogP) is 15.0. The Morgan fingerprint density at radius 1 is 0.448 bits per heavy atom. The highest BCUT2D eigenvalue weighted by atomic mass is 16.5. The van der Waals surface area contributed by atoms with E-state index in [0.29, 0.717) is 37.9 Å². The Hall–Kier alpha value is -1.14. The van der Waals surface area contributed by atoms with Crippen LogP contribution in [0.15, 0.2) is 0 Å². The molecule has 1 aliphatic rings. The van der Waals surface area contributed by atoms with E-state index < -0.39 is 0 Å². The highest BCUT2D eigenvalue weighted by Crippen LogP contribution is 2.25. The molecule has 1 fully saturated rings. The van der Waals surface area contributed by atoms with Gasteiger partial charge in [0.15, 0.2) is 0 Å². The molecule has 0 saturated heterocycles. The van der Waals surface area contributed by atoms with Crippen LogP contribution in [0.4, 0.5) is 0 Å². The molecule has 0 spiro atoms. The standard InChI is InChI=1S/C52H102N2O4/c1-6-11-15-19-21-23-25-29-36-48(34-27-17-13-8-3)46-57-51(55)40-32-42-53(44-45-54(10-5)50-38-31-39-50)43-33-41-52(56)58-47-49(35-28-18-14-9-4)37-30-26-24-22-20-16-12-7-2/h48-50H,6-47H2,1-5H3. The third kappa shape index (κ3) is 32.6. The van der Waals surface area contributed by atoms with Crippen LogP contribution in [0.3, 0.4) is 0 Å². The Morgan fingerprint density at radius 3 is 1.12 bits per heavy atom. The Morgan fingerprint density at radius 2 is 0.793 bits per heavy atom. The molecule has 6 nitrogen and oxygen atoms in total. The van der Waals surface area contributed by atoms with Crippen molar-refractivity contribution in [3.05, 3.63) is 0 Å². The van der Waals surface area contributed by atoms with E-state index in [-0.39, 0.29) is 11.9 Å². The van der Waals surface area contributed by atoms with Crippen molar-refractivity contribution < 1.29 is 19.1 Å². The van der Waals surface area contributed by atoms with Gasteiger partial charge in [-0.1, -0.05) is 195 Å². The molecule has 344 valence electrons. The Balaban J connectivity index is 2.56. The third-order valence-corrected chi connectivity index (χ3v) is 13.2. The Bertz CT molecular complexity index is 837. The van der Waals surface area contributed by atoms with E-state index in [2.05, 4.69) is 44.4 Å². The van der Waals surface area contributed by atoms with Crippen LogP contribution in [-0.2, 0) is 19.1 Å². The van der Waals surface area contributed by atoms with E-state index in [1.807, 2.05) is 0 Å². The summed E-state index contributed by atoms with van der Waals surface area (Å²) < 4.78 is 11.9. The van der Waals surface area contributed by atoms with Gasteiger partial charge in [0.05, 0.1) is 13.2 Å². The van der Waals surface area contributed by atoms with Crippen molar-refractivity contribution in [1.82, 2.24) is 9.80 Å². The van der Waals surface area contributed by atoms with Crippen LogP contribution in [0.25, 0.3) is 0 Å². The van der Waals surface area contributed by atoms with Crippen LogP contribution in [0, 0.1) is 11.8 Å². The first-order valence-corrected chi connectivity index (χ1v) is 26.2. The number of esters is 2. The van der Waals surface area contributed by atoms with E-state index >= 15 is 0 Å². The maximum atomic E-state index is 13.0. The molecule has 1 rings (SSSR count). The van der Waals surface area contributed by atoms with Crippen LogP contribution in [0.5, 0.6) is 0 Å². The van der Waals surface area contributed by atoms with Gasteiger partial charge >= 0.3 is 11.9 Å². The lowest BCUT2D eigenvalue weighted by Crippen LogP contribution is -2.44. The highest BCUT2D eigenvalue weighted by molar-refractivity contribution is 5.69. The van der Waals surface area contributed by atoms with Gasteiger partial charge in [0, 0.05) is 32.0 Å². The molecule has 0 amide bonds. The van der Waals surface area contributed by atoms with Gasteiger partial charge in [-0.2, -0.15) is 0 Å². The lowest BCUT2D eigenvalue weighted by molar-refractivity contribution is -0.146. The topological polar surface area (TPSA) is 59.1 Å². The second-order valence-corrected chi connectivity index (χ2v) is 18.6. The maximum absolute atomic E-state index is 13.0. The first-order chi connectivity index (χ1) is 28.5. The summed E-state index contributed by atoms with van der Waals surface area (Å²) in [5.41, 5.74) is 0. The van der Waals surface area contributed by atoms with Gasteiger partial charge in [-0.05, 0) is 82.8 Å². The third-order valence-electron chi connectivity index (χ3n) is 13.2. The van der Waals surface area contributed by atoms with Gasteiger partial charge in [0.2, 0.25) is 0 Å². The summed E-state index contributed by atoms with van der Waals surface area (Å²) >= 11 is 0. The van der Waals surface area contributed by atoms with Crippen molar-refractivity contribution >= 4 is 11.9 Å². The molecule has 0 bridgehead atoms. The van der Waals surface area contributed by atoms with Crippen molar-refractivity contribution in [3.63, 3.8) is 0 Å². The number of ether oxygens (including phenoxy) is 2. The fourth-order valence-electron chi connectivity index (χ4n) is 8.89. The van der Waals surface area contributed by atoms with Crippen molar-refractivity contribution in [1.29, 1.82) is 0 Å². The molecular weight excluding hydrogens is 717 g/mol. The number of unbranched alkanes of at least 4 members (excludes halogenated alkanes) is 20. The van der Waals surface area contributed by atoms with Crippen LogP contribution in [-0.4, -0.2) is 73.7 Å². The van der Waals surface area contributed by atoms with E-state index in [4.69, 9.17) is 9.47 Å². The van der Waals surface area contributed by atoms with Crippen LogP contribution < -0.4 is 0 Å². The zero-order valence-corrected chi connectivity index (χ0v) is 40.0. The lowest BCUT2D eigenvalue weighted by Gasteiger charge is -2.38. The van der Waals surface area contributed by atoms with Crippen LogP contribution in [0.2, 0.25) is 0 Å². The van der Waals surface area contributed by atoms with Crippen LogP contribution in [0.1, 0.15) is 259 Å². The number of rotatable bonds is 45. The summed E-state index contributed by atoms with van der Waals surface area (Å²) in [6.07, 6.45) is 43.1. The van der Waals surface area contributed by atoms with Crippen molar-refractivity contribution in [2.75, 3.05) is 45.9 Å². The predicted molar refractivity (Wildman–Crippen MR) is 251 cm³/mol. The summed E-state index contributed by atoms with van der Waals surface area (Å²) in [4.78, 5) is 31.2. The lowest BCUT2D eigenvalue weighted by atomic mass is 9.91. The first kappa shape index (κ1) is 54.9. The molecule has 58 heavy (non-hydrogen) atoms. The number of hydrogen-bond donors (Lipinski definition) is 0. The smallest absolute Gasteiger partial charge is 0.305 e. The number of carbonyl (C=O) groups is 2. The summed E-state index contributed by atoms with van der Waals surface area (Å²) in [6.45, 7) is 17.5. The molecule has 2 atom stereocenters. The summed E-state index contributed by atoms with van der Waals surface area (Å²) in [7, 11) is 0. The normalized spacial score (nSPS) is 14.3. The number of likely N-dealkylation sites (N-methyl/N-ethyl adjacent to an activating group) is 1. The van der Waals surface area contributed by atoms with Gasteiger partial charge in [0.1, 0.15) is 0 Å². The summed E-state index contributed by atoms with van der Waals surface area (Å²) in [5.74, 6) is 0.952. The fourth-order valence-corrected chi connectivity index (χ4v) is 8.89. The molecule has 0 heterocycles. The molecule has 0 aromatic rings. The van der Waals surface area contributed by atoms with Crippen LogP contribution >= 0.6 is 0 Å². The van der Waals surface area contributed by atoms with E-state index in [9.17, 15) is 9.59 Å². The zero-order valence-electron chi connectivity index (χ0n) is 40.0. The monoisotopic (exact) mass is 819 g/mol. The zero-order chi connectivity index (χ0) is 42.2. The van der Waals surface area contributed by atoms with E-state index in [1.165, 1.54) is 199 Å². The summed E-state index contributed by atoms with van der Waals surface area (Å²) in [5, 5.41) is 0. The minimum Gasteiger partial charge on any atom is -0.465 e. The SMILES string of the molecule is CCCCCCCCCCC(CCCCCC)COC(=O)CCCN(CCCC(=O)OCC(CCCCCC)CCCCCCCCCC)CCN(CC)C1CCC1. The van der Waals surface area contributed by atoms with Gasteiger partial charge < -0.3 is 14.4 Å². The van der Waals surface area contributed by atoms with Gasteiger partial charge in [-0.25, -0.2) is 0 Å². The van der Waals surface area contributed by atoms with E-state index in [1.54, 1.807) is 0 Å². The number of carbonyl (C=O) groups excluding carboxylic acids is 2. The largest absolute Gasteiger partial charge is 0.465 e. The molecule has 0 aliphatic heterocycles. The van der Waals surface area contributed by atoms with Crippen molar-refractivity contribution in [2.45, 2.75) is 265 Å². The second-order valence-electron chi connectivity index (χ2n) is 18.6. The average Bonchev–Trinajstić information content (AvgIpc) is 3.20. The molecule has 1 saturated carbocycles. The first-order valence-electron chi connectivity index (χ1n) is 26.2. The van der Waals surface area contributed by atoms with Gasteiger partial charge in [0.25, 0.3) is 0 Å². The molecule has 0 N–H and O–H groups in total. The van der Waals surface area contributed by atoms with Crippen molar-refractivity contribution in [3.8, 4) is 0 Å². The summed E-state index contributed by atoms with van der Waals surface area (Å²) in [6, 6.07) is 0.734. The van der Waals surface area contributed by atoms with Gasteiger partial charge in [-0.15, -0.1) is 0 Å². The molecule has 0 aromatic heterocycles. The highest BCUT2D eigenvalue weighted by Gasteiger charge is 2.24. The molecule has 0 radical (unpaired) electrons. The second kappa shape index (κ2) is 41.2. The number of nitrogens with zero attached hydrogens (tertiary/aromatic N) is 2. The Kier molecular flexibility index (Phi) is 39.0. The maximum Gasteiger partial charge on any atom is 0.305 e. The van der Waals surface area contributed by atoms with Gasteiger partial charge in [-0.3, -0.25) is 14.5 Å². The minimum atomic E-state index is -0.0288. The average molecular weight is 819 g/mol. The molecule has 1 aliphatic carbocycles. The minimum absolute atomic E-state index is 0.0288. The molecule has 2 unspecified atom stereocenters. The quantitative estimate of drug-likeness (QED) is 0.0451. The fraction of sp³-hybridized carbons (Fsp3) is 0.962. The Labute approximate surface area is 362 Å².